The lowest BCUT2D eigenvalue weighted by Gasteiger charge is -2.30. The van der Waals surface area contributed by atoms with E-state index in [-0.39, 0.29) is 35.3 Å². The molecule has 0 unspecified atom stereocenters. The quantitative estimate of drug-likeness (QED) is 0.323. The predicted octanol–water partition coefficient (Wildman–Crippen LogP) is 4.24. The molecule has 2 atom stereocenters. The smallest absolute Gasteiger partial charge is 0.337 e. The molecule has 2 aromatic carbocycles. The van der Waals surface area contributed by atoms with Crippen molar-refractivity contribution in [3.63, 3.8) is 0 Å². The Morgan fingerprint density at radius 2 is 1.73 bits per heavy atom. The summed E-state index contributed by atoms with van der Waals surface area (Å²) < 4.78 is 10.9. The molecule has 4 rings (SSSR count). The topological polar surface area (TPSA) is 111 Å². The molecule has 1 N–H and O–H groups in total. The minimum atomic E-state index is -0.868. The third-order valence-corrected chi connectivity index (χ3v) is 6.55. The van der Waals surface area contributed by atoms with E-state index in [9.17, 15) is 19.7 Å². The van der Waals surface area contributed by atoms with E-state index < -0.39 is 22.8 Å². The fourth-order valence-corrected chi connectivity index (χ4v) is 4.89. The van der Waals surface area contributed by atoms with Crippen LogP contribution in [0, 0.1) is 10.1 Å². The molecule has 1 fully saturated rings. The van der Waals surface area contributed by atoms with Crippen LogP contribution in [0.25, 0.3) is 0 Å². The van der Waals surface area contributed by atoms with Crippen LogP contribution in [0.4, 0.5) is 5.69 Å². The lowest BCUT2D eigenvalue weighted by molar-refractivity contribution is -0.384. The summed E-state index contributed by atoms with van der Waals surface area (Å²) in [7, 11) is 1.26. The molecule has 0 aliphatic carbocycles. The van der Waals surface area contributed by atoms with Crippen molar-refractivity contribution in [2.45, 2.75) is 38.8 Å². The van der Waals surface area contributed by atoms with Gasteiger partial charge in [0.2, 0.25) is 0 Å². The van der Waals surface area contributed by atoms with E-state index in [1.165, 1.54) is 30.9 Å². The van der Waals surface area contributed by atoms with E-state index in [4.69, 9.17) is 9.47 Å². The molecule has 2 heterocycles. The first-order valence-corrected chi connectivity index (χ1v) is 11.8. The monoisotopic (exact) mass is 527 g/mol. The van der Waals surface area contributed by atoms with Gasteiger partial charge in [-0.2, -0.15) is 0 Å². The van der Waals surface area contributed by atoms with Crippen molar-refractivity contribution in [2.75, 3.05) is 20.2 Å². The van der Waals surface area contributed by atoms with Crippen LogP contribution in [0.15, 0.2) is 77.1 Å². The molecule has 10 heteroatoms. The summed E-state index contributed by atoms with van der Waals surface area (Å²) in [6.45, 7) is 5.60. The van der Waals surface area contributed by atoms with E-state index in [0.717, 1.165) is 13.1 Å². The van der Waals surface area contributed by atoms with Crippen LogP contribution in [-0.2, 0) is 25.6 Å². The summed E-state index contributed by atoms with van der Waals surface area (Å²) in [5.41, 5.74) is 2.99. The Morgan fingerprint density at radius 3 is 2.38 bits per heavy atom. The summed E-state index contributed by atoms with van der Waals surface area (Å²) in [6.07, 6.45) is 0.388. The number of hydrogen-bond acceptors (Lipinski definition) is 8. The lowest BCUT2D eigenvalue weighted by atomic mass is 9.80. The molecule has 2 aliphatic heterocycles. The summed E-state index contributed by atoms with van der Waals surface area (Å²) >= 11 is 0. The Hall–Kier alpha value is -3.69. The van der Waals surface area contributed by atoms with Gasteiger partial charge in [-0.25, -0.2) is 9.59 Å². The number of carbonyl (C=O) groups is 2. The number of hydrogen-bond donors (Lipinski definition) is 1. The number of carbonyl (C=O) groups excluding carboxylic acids is 2. The number of halogens is 1. The molecule has 0 amide bonds. The first-order valence-electron chi connectivity index (χ1n) is 11.8. The van der Waals surface area contributed by atoms with Gasteiger partial charge in [0.25, 0.3) is 5.69 Å². The van der Waals surface area contributed by atoms with Gasteiger partial charge < -0.3 is 14.8 Å². The van der Waals surface area contributed by atoms with Crippen molar-refractivity contribution < 1.29 is 24.0 Å². The minimum absolute atomic E-state index is 0. The van der Waals surface area contributed by atoms with Gasteiger partial charge in [-0.05, 0) is 31.4 Å². The van der Waals surface area contributed by atoms with Crippen molar-refractivity contribution in [3.8, 4) is 0 Å². The maximum atomic E-state index is 13.5. The van der Waals surface area contributed by atoms with Gasteiger partial charge >= 0.3 is 11.9 Å². The average molecular weight is 528 g/mol. The van der Waals surface area contributed by atoms with Crippen LogP contribution in [0.2, 0.25) is 0 Å². The highest BCUT2D eigenvalue weighted by molar-refractivity contribution is 6.00. The van der Waals surface area contributed by atoms with E-state index in [1.54, 1.807) is 19.9 Å². The summed E-state index contributed by atoms with van der Waals surface area (Å²) in [4.78, 5) is 39.5. The maximum absolute atomic E-state index is 13.5. The van der Waals surface area contributed by atoms with Crippen molar-refractivity contribution in [1.29, 1.82) is 0 Å². The zero-order chi connectivity index (χ0) is 25.8. The van der Waals surface area contributed by atoms with Gasteiger partial charge in [0, 0.05) is 43.2 Å². The van der Waals surface area contributed by atoms with Crippen molar-refractivity contribution in [3.05, 3.63) is 98.4 Å². The van der Waals surface area contributed by atoms with Crippen LogP contribution >= 0.6 is 12.4 Å². The third-order valence-electron chi connectivity index (χ3n) is 6.55. The Labute approximate surface area is 221 Å². The second-order valence-corrected chi connectivity index (χ2v) is 9.02. The largest absolute Gasteiger partial charge is 0.466 e. The molecule has 0 radical (unpaired) electrons. The fraction of sp³-hybridized carbons (Fsp3) is 0.333. The fourth-order valence-electron chi connectivity index (χ4n) is 4.89. The van der Waals surface area contributed by atoms with Crippen molar-refractivity contribution in [1.82, 2.24) is 10.2 Å². The number of nitrogens with zero attached hydrogens (tertiary/aromatic N) is 2. The second-order valence-electron chi connectivity index (χ2n) is 9.02. The second kappa shape index (κ2) is 12.0. The number of allylic oxidation sites excluding steroid dienone is 2. The van der Waals surface area contributed by atoms with Crippen LogP contribution in [0.3, 0.4) is 0 Å². The summed E-state index contributed by atoms with van der Waals surface area (Å²) in [5.74, 6) is -2.05. The minimum Gasteiger partial charge on any atom is -0.466 e. The molecule has 1 saturated heterocycles. The number of likely N-dealkylation sites (tertiary alicyclic amines) is 1. The Balaban J connectivity index is 0.00000380. The summed E-state index contributed by atoms with van der Waals surface area (Å²) in [5, 5.41) is 14.5. The number of methoxy groups -OCH3 is 1. The predicted molar refractivity (Wildman–Crippen MR) is 140 cm³/mol. The standard InChI is InChI=1S/C27H29N3O6.ClH/c1-17-23(26(31)35-3)25(20-10-7-11-21(14-20)30(33)34)24(18(2)28-17)27(32)36-22-12-13-29(16-22)15-19-8-5-4-6-9-19;/h4-11,14,22,25,28H,12-13,15-16H2,1-3H3;1H/t22-,25-;/m1./s1. The summed E-state index contributed by atoms with van der Waals surface area (Å²) in [6, 6.07) is 16.0. The van der Waals surface area contributed by atoms with Gasteiger partial charge in [0.1, 0.15) is 6.10 Å². The number of rotatable bonds is 7. The van der Waals surface area contributed by atoms with Gasteiger partial charge in [-0.15, -0.1) is 12.4 Å². The Bertz CT molecular complexity index is 1240. The SMILES string of the molecule is COC(=O)C1=C(C)NC(C)=C(C(=O)O[C@@H]2CCN(Cc3ccccc3)C2)[C@@H]1c1cccc([N+](=O)[O-])c1.Cl. The molecule has 2 aliphatic rings. The number of benzene rings is 2. The van der Waals surface area contributed by atoms with Gasteiger partial charge in [-0.1, -0.05) is 42.5 Å². The first kappa shape index (κ1) is 27.9. The number of dihydropyridines is 1. The maximum Gasteiger partial charge on any atom is 0.337 e. The molecule has 0 aromatic heterocycles. The molecular formula is C27H30ClN3O6. The zero-order valence-electron chi connectivity index (χ0n) is 20.9. The van der Waals surface area contributed by atoms with Crippen molar-refractivity contribution >= 4 is 30.0 Å². The van der Waals surface area contributed by atoms with E-state index in [2.05, 4.69) is 22.3 Å². The van der Waals surface area contributed by atoms with Crippen molar-refractivity contribution in [2.24, 2.45) is 0 Å². The highest BCUT2D eigenvalue weighted by Crippen LogP contribution is 2.40. The highest BCUT2D eigenvalue weighted by Gasteiger charge is 2.39. The number of nitro benzene ring substituents is 1. The molecule has 9 nitrogen and oxygen atoms in total. The molecule has 0 bridgehead atoms. The number of ether oxygens (including phenoxy) is 2. The van der Waals surface area contributed by atoms with Crippen LogP contribution < -0.4 is 5.32 Å². The van der Waals surface area contributed by atoms with Crippen LogP contribution in [-0.4, -0.2) is 48.1 Å². The van der Waals surface area contributed by atoms with E-state index >= 15 is 0 Å². The molecule has 37 heavy (non-hydrogen) atoms. The number of esters is 2. The normalized spacial score (nSPS) is 19.6. The third kappa shape index (κ3) is 6.18. The Kier molecular flexibility index (Phi) is 9.07. The first-order chi connectivity index (χ1) is 17.3. The molecule has 0 saturated carbocycles. The molecule has 0 spiro atoms. The van der Waals surface area contributed by atoms with Gasteiger partial charge in [0.15, 0.2) is 0 Å². The average Bonchev–Trinajstić information content (AvgIpc) is 3.30. The molecular weight excluding hydrogens is 498 g/mol. The lowest BCUT2D eigenvalue weighted by Crippen LogP contribution is -2.34. The molecule has 196 valence electrons. The zero-order valence-corrected chi connectivity index (χ0v) is 21.7. The van der Waals surface area contributed by atoms with E-state index in [0.29, 0.717) is 29.9 Å². The number of non-ortho nitro benzene ring substituents is 1. The Morgan fingerprint density at radius 1 is 1.05 bits per heavy atom. The number of nitro groups is 1. The van der Waals surface area contributed by atoms with Crippen LogP contribution in [0.1, 0.15) is 37.3 Å². The molecule has 2 aromatic rings. The van der Waals surface area contributed by atoms with E-state index in [1.807, 2.05) is 18.2 Å². The van der Waals surface area contributed by atoms with Gasteiger partial charge in [-0.3, -0.25) is 15.0 Å². The number of nitrogens with one attached hydrogen (secondary N) is 1. The van der Waals surface area contributed by atoms with Crippen LogP contribution in [0.5, 0.6) is 0 Å². The highest BCUT2D eigenvalue weighted by atomic mass is 35.5. The van der Waals surface area contributed by atoms with Gasteiger partial charge in [0.05, 0.1) is 29.1 Å².